The van der Waals surface area contributed by atoms with Crippen LogP contribution < -0.4 is 0 Å². The molecule has 108 valence electrons. The number of para-hydroxylation sites is 1. The van der Waals surface area contributed by atoms with E-state index in [9.17, 15) is 9.90 Å². The van der Waals surface area contributed by atoms with Gasteiger partial charge in [-0.15, -0.1) is 0 Å². The number of hydrogen-bond acceptors (Lipinski definition) is 3. The number of rotatable bonds is 4. The van der Waals surface area contributed by atoms with Crippen molar-refractivity contribution in [2.24, 2.45) is 0 Å². The molecule has 1 aromatic carbocycles. The third kappa shape index (κ3) is 2.31. The summed E-state index contributed by atoms with van der Waals surface area (Å²) in [6, 6.07) is 9.07. The number of imidazole rings is 1. The summed E-state index contributed by atoms with van der Waals surface area (Å²) in [7, 11) is 0. The molecule has 0 saturated carbocycles. The lowest BCUT2D eigenvalue weighted by atomic mass is 10.2. The van der Waals surface area contributed by atoms with E-state index in [-0.39, 0.29) is 5.56 Å². The van der Waals surface area contributed by atoms with Gasteiger partial charge in [-0.05, 0) is 31.2 Å². The van der Waals surface area contributed by atoms with Crippen LogP contribution in [0.3, 0.4) is 0 Å². The maximum atomic E-state index is 11.3. The third-order valence-corrected chi connectivity index (χ3v) is 3.51. The average Bonchev–Trinajstić information content (AvgIpc) is 3.03. The molecule has 21 heavy (non-hydrogen) atoms. The highest BCUT2D eigenvalue weighted by molar-refractivity contribution is 6.01. The standard InChI is InChI=1S/C16H16N2O3/c1-3-14-17-15-12(16(19)20)5-4-6-13(15)18(14)9-11-8-7-10(2)21-11/h4-8H,3,9H2,1-2H3,(H,19,20). The summed E-state index contributed by atoms with van der Waals surface area (Å²) in [4.78, 5) is 15.8. The van der Waals surface area contributed by atoms with Crippen molar-refractivity contribution in [1.82, 2.24) is 9.55 Å². The first-order valence-electron chi connectivity index (χ1n) is 6.87. The van der Waals surface area contributed by atoms with Gasteiger partial charge in [0.2, 0.25) is 0 Å². The first kappa shape index (κ1) is 13.4. The van der Waals surface area contributed by atoms with Gasteiger partial charge < -0.3 is 14.1 Å². The molecule has 2 aromatic heterocycles. The minimum absolute atomic E-state index is 0.233. The molecule has 2 heterocycles. The largest absolute Gasteiger partial charge is 0.478 e. The molecule has 0 spiro atoms. The van der Waals surface area contributed by atoms with Crippen LogP contribution in [0.2, 0.25) is 0 Å². The van der Waals surface area contributed by atoms with Gasteiger partial charge in [0.1, 0.15) is 22.9 Å². The fraction of sp³-hybridized carbons (Fsp3) is 0.250. The second kappa shape index (κ2) is 5.09. The highest BCUT2D eigenvalue weighted by Gasteiger charge is 2.16. The topological polar surface area (TPSA) is 68.3 Å². The zero-order valence-electron chi connectivity index (χ0n) is 12.0. The Balaban J connectivity index is 2.16. The van der Waals surface area contributed by atoms with E-state index in [1.165, 1.54) is 0 Å². The second-order valence-corrected chi connectivity index (χ2v) is 4.96. The van der Waals surface area contributed by atoms with Gasteiger partial charge in [-0.3, -0.25) is 0 Å². The van der Waals surface area contributed by atoms with Gasteiger partial charge in [0, 0.05) is 6.42 Å². The molecule has 0 atom stereocenters. The summed E-state index contributed by atoms with van der Waals surface area (Å²) < 4.78 is 7.63. The van der Waals surface area contributed by atoms with Crippen molar-refractivity contribution in [3.8, 4) is 0 Å². The van der Waals surface area contributed by atoms with Crippen LogP contribution >= 0.6 is 0 Å². The predicted molar refractivity (Wildman–Crippen MR) is 78.6 cm³/mol. The minimum Gasteiger partial charge on any atom is -0.478 e. The van der Waals surface area contributed by atoms with Crippen LogP contribution in [0.1, 0.15) is 34.6 Å². The second-order valence-electron chi connectivity index (χ2n) is 4.96. The molecule has 1 N–H and O–H groups in total. The van der Waals surface area contributed by atoms with Crippen LogP contribution in [0.5, 0.6) is 0 Å². The molecule has 0 fully saturated rings. The van der Waals surface area contributed by atoms with Crippen LogP contribution in [0, 0.1) is 6.92 Å². The lowest BCUT2D eigenvalue weighted by Crippen LogP contribution is -2.03. The Morgan fingerprint density at radius 3 is 2.76 bits per heavy atom. The highest BCUT2D eigenvalue weighted by atomic mass is 16.4. The maximum Gasteiger partial charge on any atom is 0.337 e. The van der Waals surface area contributed by atoms with Crippen molar-refractivity contribution in [3.05, 3.63) is 53.2 Å². The molecule has 0 bridgehead atoms. The molecule has 0 saturated heterocycles. The third-order valence-electron chi connectivity index (χ3n) is 3.51. The molecule has 3 rings (SSSR count). The van der Waals surface area contributed by atoms with Gasteiger partial charge in [-0.25, -0.2) is 9.78 Å². The first-order valence-corrected chi connectivity index (χ1v) is 6.87. The molecule has 5 nitrogen and oxygen atoms in total. The number of aromatic carboxylic acids is 1. The Morgan fingerprint density at radius 2 is 2.14 bits per heavy atom. The number of carbonyl (C=O) groups is 1. The van der Waals surface area contributed by atoms with Crippen LogP contribution in [0.15, 0.2) is 34.7 Å². The van der Waals surface area contributed by atoms with Crippen molar-refractivity contribution in [2.75, 3.05) is 0 Å². The number of nitrogens with zero attached hydrogens (tertiary/aromatic N) is 2. The smallest absolute Gasteiger partial charge is 0.337 e. The van der Waals surface area contributed by atoms with Crippen molar-refractivity contribution < 1.29 is 14.3 Å². The van der Waals surface area contributed by atoms with E-state index < -0.39 is 5.97 Å². The molecule has 0 aliphatic rings. The summed E-state index contributed by atoms with van der Waals surface area (Å²) in [5.74, 6) is 1.59. The van der Waals surface area contributed by atoms with E-state index in [1.54, 1.807) is 12.1 Å². The van der Waals surface area contributed by atoms with Gasteiger partial charge in [0.25, 0.3) is 0 Å². The molecule has 0 radical (unpaired) electrons. The number of aryl methyl sites for hydroxylation is 2. The molecule has 3 aromatic rings. The number of carboxylic acid groups (broad SMARTS) is 1. The quantitative estimate of drug-likeness (QED) is 0.798. The lowest BCUT2D eigenvalue weighted by molar-refractivity contribution is 0.0699. The van der Waals surface area contributed by atoms with E-state index in [0.29, 0.717) is 12.1 Å². The summed E-state index contributed by atoms with van der Waals surface area (Å²) in [5, 5.41) is 9.28. The Labute approximate surface area is 121 Å². The molecular formula is C16H16N2O3. The maximum absolute atomic E-state index is 11.3. The molecule has 5 heteroatoms. The zero-order chi connectivity index (χ0) is 15.0. The van der Waals surface area contributed by atoms with E-state index >= 15 is 0 Å². The summed E-state index contributed by atoms with van der Waals surface area (Å²) in [6.07, 6.45) is 0.730. The number of hydrogen-bond donors (Lipinski definition) is 1. The zero-order valence-corrected chi connectivity index (χ0v) is 12.0. The van der Waals surface area contributed by atoms with Crippen LogP contribution in [-0.2, 0) is 13.0 Å². The molecule has 0 amide bonds. The summed E-state index contributed by atoms with van der Waals surface area (Å²) in [5.41, 5.74) is 1.59. The van der Waals surface area contributed by atoms with Gasteiger partial charge in [0.05, 0.1) is 17.6 Å². The van der Waals surface area contributed by atoms with E-state index in [1.807, 2.05) is 36.6 Å². The van der Waals surface area contributed by atoms with Crippen molar-refractivity contribution in [3.63, 3.8) is 0 Å². The Morgan fingerprint density at radius 1 is 1.33 bits per heavy atom. The van der Waals surface area contributed by atoms with Gasteiger partial charge in [0.15, 0.2) is 0 Å². The van der Waals surface area contributed by atoms with Gasteiger partial charge >= 0.3 is 5.97 Å². The number of benzene rings is 1. The Hall–Kier alpha value is -2.56. The Bertz CT molecular complexity index is 814. The fourth-order valence-corrected chi connectivity index (χ4v) is 2.54. The highest BCUT2D eigenvalue weighted by Crippen LogP contribution is 2.22. The first-order chi connectivity index (χ1) is 10.1. The van der Waals surface area contributed by atoms with Crippen LogP contribution in [-0.4, -0.2) is 20.6 Å². The number of carboxylic acids is 1. The monoisotopic (exact) mass is 284 g/mol. The van der Waals surface area contributed by atoms with Gasteiger partial charge in [-0.2, -0.15) is 0 Å². The number of fused-ring (bicyclic) bond motifs is 1. The average molecular weight is 284 g/mol. The van der Waals surface area contributed by atoms with E-state index in [2.05, 4.69) is 4.98 Å². The number of furan rings is 1. The van der Waals surface area contributed by atoms with Gasteiger partial charge in [-0.1, -0.05) is 13.0 Å². The van der Waals surface area contributed by atoms with Crippen LogP contribution in [0.4, 0.5) is 0 Å². The van der Waals surface area contributed by atoms with E-state index in [4.69, 9.17) is 4.42 Å². The molecule has 0 aliphatic heterocycles. The summed E-state index contributed by atoms with van der Waals surface area (Å²) in [6.45, 7) is 4.46. The van der Waals surface area contributed by atoms with E-state index in [0.717, 1.165) is 29.3 Å². The number of aromatic nitrogens is 2. The van der Waals surface area contributed by atoms with Crippen molar-refractivity contribution >= 4 is 17.0 Å². The normalized spacial score (nSPS) is 11.1. The van der Waals surface area contributed by atoms with Crippen molar-refractivity contribution in [2.45, 2.75) is 26.8 Å². The minimum atomic E-state index is -0.957. The Kier molecular flexibility index (Phi) is 3.25. The summed E-state index contributed by atoms with van der Waals surface area (Å²) >= 11 is 0. The fourth-order valence-electron chi connectivity index (χ4n) is 2.54. The van der Waals surface area contributed by atoms with Crippen LogP contribution in [0.25, 0.3) is 11.0 Å². The predicted octanol–water partition coefficient (Wildman–Crippen LogP) is 3.25. The molecule has 0 unspecified atom stereocenters. The molecule has 0 aliphatic carbocycles. The SMILES string of the molecule is CCc1nc2c(C(=O)O)cccc2n1Cc1ccc(C)o1. The molecular weight excluding hydrogens is 268 g/mol. The van der Waals surface area contributed by atoms with Crippen molar-refractivity contribution in [1.29, 1.82) is 0 Å². The lowest BCUT2D eigenvalue weighted by Gasteiger charge is -2.06.